The third kappa shape index (κ3) is 7.96. The van der Waals surface area contributed by atoms with Crippen LogP contribution in [0.4, 0.5) is 0 Å². The van der Waals surface area contributed by atoms with Crippen molar-refractivity contribution in [3.8, 4) is 0 Å². The topological polar surface area (TPSA) is 29.5 Å². The Bertz CT molecular complexity index is 417. The van der Waals surface area contributed by atoms with E-state index in [1.165, 1.54) is 5.56 Å². The van der Waals surface area contributed by atoms with Gasteiger partial charge in [-0.3, -0.25) is 0 Å². The molecule has 0 aliphatic carbocycles. The molecular weight excluding hydrogens is 286 g/mol. The quantitative estimate of drug-likeness (QED) is 0.627. The Morgan fingerprint density at radius 3 is 2.26 bits per heavy atom. The number of aliphatic hydroxyl groups is 1. The van der Waals surface area contributed by atoms with Gasteiger partial charge in [-0.05, 0) is 25.3 Å². The molecule has 0 amide bonds. The van der Waals surface area contributed by atoms with Crippen LogP contribution in [0, 0.1) is 5.92 Å². The Kier molecular flexibility index (Phi) is 8.82. The van der Waals surface area contributed by atoms with E-state index in [2.05, 4.69) is 52.2 Å². The summed E-state index contributed by atoms with van der Waals surface area (Å²) in [7, 11) is 4.41. The molecule has 3 atom stereocenters. The molecule has 1 aromatic rings. The minimum absolute atomic E-state index is 0.266. The molecule has 0 saturated heterocycles. The molecule has 1 rings (SSSR count). The molecular formula is C20H36NO2+. The average Bonchev–Trinajstić information content (AvgIpc) is 2.49. The second kappa shape index (κ2) is 10.1. The van der Waals surface area contributed by atoms with Gasteiger partial charge in [0.25, 0.3) is 0 Å². The fourth-order valence-corrected chi connectivity index (χ4v) is 3.45. The minimum Gasteiger partial charge on any atom is -0.388 e. The van der Waals surface area contributed by atoms with Gasteiger partial charge in [0.05, 0.1) is 33.4 Å². The summed E-state index contributed by atoms with van der Waals surface area (Å²) < 4.78 is 7.14. The standard InChI is InChI=1S/C20H36NO2/c1-6-11-20(23-16-18-12-9-8-10-13-18)19(7-2)15-21(4,5)14-17(3)22/h8-10,12-13,17,19-20,22H,6-7,11,14-16H2,1-5H3/q+1. The van der Waals surface area contributed by atoms with Crippen molar-refractivity contribution in [1.82, 2.24) is 0 Å². The largest absolute Gasteiger partial charge is 0.388 e. The van der Waals surface area contributed by atoms with Gasteiger partial charge < -0.3 is 14.3 Å². The van der Waals surface area contributed by atoms with Crippen molar-refractivity contribution in [3.63, 3.8) is 0 Å². The lowest BCUT2D eigenvalue weighted by Crippen LogP contribution is -2.49. The smallest absolute Gasteiger partial charge is 0.104 e. The van der Waals surface area contributed by atoms with E-state index in [1.54, 1.807) is 0 Å². The van der Waals surface area contributed by atoms with Crippen LogP contribution in [-0.4, -0.2) is 49.0 Å². The molecule has 0 heterocycles. The van der Waals surface area contributed by atoms with Gasteiger partial charge in [-0.25, -0.2) is 0 Å². The zero-order valence-electron chi connectivity index (χ0n) is 15.7. The van der Waals surface area contributed by atoms with E-state index in [9.17, 15) is 5.11 Å². The highest BCUT2D eigenvalue weighted by Gasteiger charge is 2.29. The summed E-state index contributed by atoms with van der Waals surface area (Å²) in [6.45, 7) is 8.86. The van der Waals surface area contributed by atoms with Gasteiger partial charge in [0, 0.05) is 5.92 Å². The van der Waals surface area contributed by atoms with Crippen molar-refractivity contribution in [3.05, 3.63) is 35.9 Å². The summed E-state index contributed by atoms with van der Waals surface area (Å²) in [6, 6.07) is 10.4. The number of hydrogen-bond donors (Lipinski definition) is 1. The van der Waals surface area contributed by atoms with Crippen molar-refractivity contribution in [2.45, 2.75) is 58.8 Å². The molecule has 1 aromatic carbocycles. The first-order chi connectivity index (χ1) is 10.9. The number of rotatable bonds is 11. The van der Waals surface area contributed by atoms with Gasteiger partial charge in [-0.15, -0.1) is 0 Å². The predicted octanol–water partition coefficient (Wildman–Crippen LogP) is 3.86. The molecule has 0 fully saturated rings. The normalized spacial score (nSPS) is 16.1. The molecule has 0 bridgehead atoms. The second-order valence-electron chi connectivity index (χ2n) is 7.44. The van der Waals surface area contributed by atoms with E-state index in [-0.39, 0.29) is 12.2 Å². The van der Waals surface area contributed by atoms with E-state index in [0.29, 0.717) is 12.5 Å². The number of ether oxygens (including phenoxy) is 1. The molecule has 0 saturated carbocycles. The summed E-state index contributed by atoms with van der Waals surface area (Å²) in [5.41, 5.74) is 1.24. The summed E-state index contributed by atoms with van der Waals surface area (Å²) in [5, 5.41) is 9.72. The van der Waals surface area contributed by atoms with Gasteiger partial charge in [0.15, 0.2) is 0 Å². The zero-order chi connectivity index (χ0) is 17.3. The van der Waals surface area contributed by atoms with Gasteiger partial charge >= 0.3 is 0 Å². The number of likely N-dealkylation sites (N-methyl/N-ethyl adjacent to an activating group) is 1. The number of nitrogens with zero attached hydrogens (tertiary/aromatic N) is 1. The number of hydrogen-bond acceptors (Lipinski definition) is 2. The van der Waals surface area contributed by atoms with E-state index >= 15 is 0 Å². The Hall–Kier alpha value is -0.900. The Balaban J connectivity index is 2.67. The van der Waals surface area contributed by atoms with Crippen molar-refractivity contribution in [2.24, 2.45) is 5.92 Å². The zero-order valence-corrected chi connectivity index (χ0v) is 15.7. The molecule has 1 N–H and O–H groups in total. The predicted molar refractivity (Wildman–Crippen MR) is 97.2 cm³/mol. The van der Waals surface area contributed by atoms with Crippen molar-refractivity contribution in [2.75, 3.05) is 27.2 Å². The van der Waals surface area contributed by atoms with Crippen LogP contribution >= 0.6 is 0 Å². The highest BCUT2D eigenvalue weighted by Crippen LogP contribution is 2.22. The first-order valence-electron chi connectivity index (χ1n) is 9.03. The van der Waals surface area contributed by atoms with Crippen molar-refractivity contribution in [1.29, 1.82) is 0 Å². The fraction of sp³-hybridized carbons (Fsp3) is 0.700. The van der Waals surface area contributed by atoms with Crippen LogP contribution in [-0.2, 0) is 11.3 Å². The molecule has 23 heavy (non-hydrogen) atoms. The third-order valence-corrected chi connectivity index (χ3v) is 4.42. The Morgan fingerprint density at radius 2 is 1.74 bits per heavy atom. The summed E-state index contributed by atoms with van der Waals surface area (Å²) >= 11 is 0. The number of aliphatic hydroxyl groups excluding tert-OH is 1. The molecule has 3 nitrogen and oxygen atoms in total. The lowest BCUT2D eigenvalue weighted by molar-refractivity contribution is -0.897. The number of quaternary nitrogens is 1. The van der Waals surface area contributed by atoms with Crippen molar-refractivity contribution >= 4 is 0 Å². The lowest BCUT2D eigenvalue weighted by atomic mass is 9.94. The SMILES string of the molecule is CCCC(OCc1ccccc1)C(CC)C[N+](C)(C)CC(C)O. The van der Waals surface area contributed by atoms with Crippen LogP contribution in [0.1, 0.15) is 45.6 Å². The molecule has 0 aliphatic rings. The first-order valence-corrected chi connectivity index (χ1v) is 9.03. The number of benzene rings is 1. The third-order valence-electron chi connectivity index (χ3n) is 4.42. The summed E-state index contributed by atoms with van der Waals surface area (Å²) in [4.78, 5) is 0. The first kappa shape index (κ1) is 20.1. The van der Waals surface area contributed by atoms with E-state index in [1.807, 2.05) is 13.0 Å². The van der Waals surface area contributed by atoms with Crippen LogP contribution < -0.4 is 0 Å². The maximum atomic E-state index is 9.72. The molecule has 0 aromatic heterocycles. The van der Waals surface area contributed by atoms with Crippen LogP contribution in [0.3, 0.4) is 0 Å². The molecule has 3 unspecified atom stereocenters. The second-order valence-corrected chi connectivity index (χ2v) is 7.44. The highest BCUT2D eigenvalue weighted by molar-refractivity contribution is 5.13. The Labute approximate surface area is 142 Å². The van der Waals surface area contributed by atoms with Crippen LogP contribution in [0.2, 0.25) is 0 Å². The van der Waals surface area contributed by atoms with Crippen LogP contribution in [0.15, 0.2) is 30.3 Å². The van der Waals surface area contributed by atoms with E-state index < -0.39 is 0 Å². The molecule has 0 radical (unpaired) electrons. The monoisotopic (exact) mass is 322 g/mol. The maximum Gasteiger partial charge on any atom is 0.104 e. The maximum absolute atomic E-state index is 9.72. The van der Waals surface area contributed by atoms with Crippen LogP contribution in [0.5, 0.6) is 0 Å². The lowest BCUT2D eigenvalue weighted by Gasteiger charge is -2.37. The summed E-state index contributed by atoms with van der Waals surface area (Å²) in [6.07, 6.45) is 3.37. The van der Waals surface area contributed by atoms with Crippen LogP contribution in [0.25, 0.3) is 0 Å². The van der Waals surface area contributed by atoms with Gasteiger partial charge in [-0.1, -0.05) is 50.6 Å². The van der Waals surface area contributed by atoms with Gasteiger partial charge in [-0.2, -0.15) is 0 Å². The molecule has 0 spiro atoms. The fourth-order valence-electron chi connectivity index (χ4n) is 3.45. The van der Waals surface area contributed by atoms with Gasteiger partial charge in [0.2, 0.25) is 0 Å². The van der Waals surface area contributed by atoms with E-state index in [0.717, 1.165) is 36.8 Å². The van der Waals surface area contributed by atoms with Gasteiger partial charge in [0.1, 0.15) is 12.6 Å². The minimum atomic E-state index is -0.266. The highest BCUT2D eigenvalue weighted by atomic mass is 16.5. The molecule has 3 heteroatoms. The van der Waals surface area contributed by atoms with Crippen molar-refractivity contribution < 1.29 is 14.3 Å². The Morgan fingerprint density at radius 1 is 1.09 bits per heavy atom. The molecule has 0 aliphatic heterocycles. The average molecular weight is 323 g/mol. The van der Waals surface area contributed by atoms with E-state index in [4.69, 9.17) is 4.74 Å². The molecule has 132 valence electrons. The summed E-state index contributed by atoms with van der Waals surface area (Å²) in [5.74, 6) is 0.521.